The van der Waals surface area contributed by atoms with Crippen molar-refractivity contribution in [1.29, 1.82) is 0 Å². The topological polar surface area (TPSA) is 154 Å². The second-order valence-corrected chi connectivity index (χ2v) is 12.7. The van der Waals surface area contributed by atoms with E-state index in [2.05, 4.69) is 15.0 Å². The predicted octanol–water partition coefficient (Wildman–Crippen LogP) is 4.79. The molecule has 1 fully saturated rings. The summed E-state index contributed by atoms with van der Waals surface area (Å²) < 4.78 is 40.1. The van der Waals surface area contributed by atoms with Crippen molar-refractivity contribution in [2.24, 2.45) is 11.1 Å². The summed E-state index contributed by atoms with van der Waals surface area (Å²) in [6.45, 7) is 1.91. The molecule has 0 aliphatic heterocycles. The van der Waals surface area contributed by atoms with Gasteiger partial charge in [-0.15, -0.1) is 11.3 Å². The Balaban J connectivity index is 1.52. The number of aromatic carboxylic acids is 1. The minimum absolute atomic E-state index is 0.0786. The fraction of sp³-hybridized carbons (Fsp3) is 0.207. The quantitative estimate of drug-likeness (QED) is 0.243. The average Bonchev–Trinajstić information content (AvgIpc) is 3.50. The summed E-state index contributed by atoms with van der Waals surface area (Å²) in [7, 11) is -4.22. The number of primary sulfonamides is 1. The molecule has 42 heavy (non-hydrogen) atoms. The summed E-state index contributed by atoms with van der Waals surface area (Å²) in [4.78, 5) is 24.2. The Morgan fingerprint density at radius 2 is 1.88 bits per heavy atom. The van der Waals surface area contributed by atoms with Crippen LogP contribution in [0.2, 0.25) is 0 Å². The smallest absolute Gasteiger partial charge is 0.355 e. The number of thiazole rings is 1. The molecule has 0 amide bonds. The predicted molar refractivity (Wildman–Crippen MR) is 154 cm³/mol. The van der Waals surface area contributed by atoms with Crippen molar-refractivity contribution in [2.45, 2.75) is 37.5 Å². The van der Waals surface area contributed by atoms with Crippen LogP contribution in [-0.4, -0.2) is 44.2 Å². The van der Waals surface area contributed by atoms with E-state index in [1.807, 2.05) is 31.2 Å². The number of nitrogens with zero attached hydrogens (tertiary/aromatic N) is 5. The molecular weight excluding hydrogens is 579 g/mol. The van der Waals surface area contributed by atoms with Gasteiger partial charge in [-0.3, -0.25) is 0 Å². The van der Waals surface area contributed by atoms with Crippen LogP contribution in [0.15, 0.2) is 65.1 Å². The van der Waals surface area contributed by atoms with Crippen LogP contribution in [0.3, 0.4) is 0 Å². The summed E-state index contributed by atoms with van der Waals surface area (Å²) >= 11 is 1.17. The van der Waals surface area contributed by atoms with Crippen LogP contribution in [0, 0.1) is 18.7 Å². The molecule has 3 heterocycles. The van der Waals surface area contributed by atoms with Gasteiger partial charge >= 0.3 is 5.97 Å². The van der Waals surface area contributed by atoms with E-state index in [0.29, 0.717) is 34.6 Å². The zero-order valence-electron chi connectivity index (χ0n) is 22.4. The van der Waals surface area contributed by atoms with Gasteiger partial charge in [-0.2, -0.15) is 5.10 Å². The lowest BCUT2D eigenvalue weighted by Crippen LogP contribution is -2.14. The first-order chi connectivity index (χ1) is 20.1. The van der Waals surface area contributed by atoms with Crippen molar-refractivity contribution >= 4 is 27.3 Å². The van der Waals surface area contributed by atoms with Crippen molar-refractivity contribution in [3.63, 3.8) is 0 Å². The zero-order valence-corrected chi connectivity index (χ0v) is 24.0. The van der Waals surface area contributed by atoms with Gasteiger partial charge in [0.25, 0.3) is 0 Å². The Morgan fingerprint density at radius 1 is 1.14 bits per heavy atom. The van der Waals surface area contributed by atoms with Crippen molar-refractivity contribution in [2.75, 3.05) is 0 Å². The third kappa shape index (κ3) is 5.71. The van der Waals surface area contributed by atoms with Crippen LogP contribution in [-0.2, 0) is 22.9 Å². The first-order valence-electron chi connectivity index (χ1n) is 13.1. The third-order valence-electron chi connectivity index (χ3n) is 7.02. The first-order valence-corrected chi connectivity index (χ1v) is 15.5. The van der Waals surface area contributed by atoms with Crippen molar-refractivity contribution in [3.8, 4) is 27.8 Å². The van der Waals surface area contributed by atoms with Gasteiger partial charge in [-0.05, 0) is 61.4 Å². The third-order valence-corrected chi connectivity index (χ3v) is 8.78. The second kappa shape index (κ2) is 10.8. The number of hydrogen-bond donors (Lipinski definition) is 2. The second-order valence-electron chi connectivity index (χ2n) is 10.3. The van der Waals surface area contributed by atoms with Gasteiger partial charge in [0.05, 0.1) is 11.4 Å². The molecule has 214 valence electrons. The van der Waals surface area contributed by atoms with Gasteiger partial charge < -0.3 is 5.11 Å². The summed E-state index contributed by atoms with van der Waals surface area (Å²) in [5, 5.41) is 21.5. The number of rotatable bonds is 9. The summed E-state index contributed by atoms with van der Waals surface area (Å²) in [6.07, 6.45) is 6.49. The monoisotopic (exact) mass is 604 g/mol. The van der Waals surface area contributed by atoms with E-state index < -0.39 is 26.7 Å². The number of nitrogens with two attached hydrogens (primary N) is 1. The van der Waals surface area contributed by atoms with E-state index >= 15 is 0 Å². The summed E-state index contributed by atoms with van der Waals surface area (Å²) in [5.74, 6) is -1.09. The maximum Gasteiger partial charge on any atom is 0.355 e. The lowest BCUT2D eigenvalue weighted by atomic mass is 9.96. The number of benzene rings is 2. The first kappa shape index (κ1) is 27.8. The van der Waals surface area contributed by atoms with Crippen LogP contribution in [0.5, 0.6) is 0 Å². The highest BCUT2D eigenvalue weighted by molar-refractivity contribution is 7.89. The fourth-order valence-electron chi connectivity index (χ4n) is 4.76. The normalized spacial score (nSPS) is 13.4. The van der Waals surface area contributed by atoms with Crippen LogP contribution < -0.4 is 5.14 Å². The molecule has 0 saturated heterocycles. The molecule has 2 aromatic carbocycles. The van der Waals surface area contributed by atoms with Crippen LogP contribution in [0.1, 0.15) is 45.7 Å². The molecular formula is C29H25FN6O4S2. The molecule has 0 atom stereocenters. The SMILES string of the molecule is Cc1cnc(-c2cccc(-c3nn(-c4nc(C(=O)O)cs4)c(CC4CC4)c3Cc3ccc(S(N)(=O)=O)c(F)c3)c2)nc1. The Morgan fingerprint density at radius 3 is 2.52 bits per heavy atom. The molecule has 3 N–H and O–H groups in total. The largest absolute Gasteiger partial charge is 0.476 e. The molecule has 3 aromatic heterocycles. The van der Waals surface area contributed by atoms with Gasteiger partial charge in [0.15, 0.2) is 11.5 Å². The number of aryl methyl sites for hydroxylation is 1. The Hall–Kier alpha value is -4.33. The lowest BCUT2D eigenvalue weighted by molar-refractivity contribution is 0.0691. The fourth-order valence-corrected chi connectivity index (χ4v) is 6.12. The van der Waals surface area contributed by atoms with Gasteiger partial charge in [-0.25, -0.2) is 42.4 Å². The van der Waals surface area contributed by atoms with Gasteiger partial charge in [0.1, 0.15) is 10.7 Å². The van der Waals surface area contributed by atoms with Gasteiger partial charge in [0, 0.05) is 40.9 Å². The van der Waals surface area contributed by atoms with E-state index in [1.165, 1.54) is 34.9 Å². The van der Waals surface area contributed by atoms with Crippen molar-refractivity contribution in [3.05, 3.63) is 94.1 Å². The molecule has 5 aromatic rings. The summed E-state index contributed by atoms with van der Waals surface area (Å²) in [6, 6.07) is 11.5. The highest BCUT2D eigenvalue weighted by atomic mass is 32.2. The van der Waals surface area contributed by atoms with E-state index in [0.717, 1.165) is 40.8 Å². The molecule has 1 aliphatic rings. The summed E-state index contributed by atoms with van der Waals surface area (Å²) in [5.41, 5.74) is 5.19. The molecule has 13 heteroatoms. The highest BCUT2D eigenvalue weighted by Gasteiger charge is 2.29. The molecule has 0 bridgehead atoms. The number of halogens is 1. The number of carboxylic acid groups (broad SMARTS) is 1. The lowest BCUT2D eigenvalue weighted by Gasteiger charge is -2.10. The number of hydrogen-bond acceptors (Lipinski definition) is 8. The molecule has 6 rings (SSSR count). The number of carbonyl (C=O) groups is 1. The number of aromatic nitrogens is 5. The minimum Gasteiger partial charge on any atom is -0.476 e. The van der Waals surface area contributed by atoms with Gasteiger partial charge in [0.2, 0.25) is 15.2 Å². The molecule has 0 spiro atoms. The van der Waals surface area contributed by atoms with Crippen LogP contribution in [0.4, 0.5) is 4.39 Å². The zero-order chi connectivity index (χ0) is 29.6. The molecule has 10 nitrogen and oxygen atoms in total. The van der Waals surface area contributed by atoms with Crippen LogP contribution in [0.25, 0.3) is 27.8 Å². The van der Waals surface area contributed by atoms with E-state index in [1.54, 1.807) is 17.1 Å². The maximum atomic E-state index is 14.9. The number of carboxylic acids is 1. The molecule has 1 saturated carbocycles. The van der Waals surface area contributed by atoms with E-state index in [4.69, 9.17) is 10.2 Å². The van der Waals surface area contributed by atoms with Crippen molar-refractivity contribution < 1.29 is 22.7 Å². The number of sulfonamides is 1. The molecule has 1 aliphatic carbocycles. The molecule has 0 radical (unpaired) electrons. The van der Waals surface area contributed by atoms with E-state index in [-0.39, 0.29) is 12.1 Å². The minimum atomic E-state index is -4.22. The Labute approximate surface area is 244 Å². The van der Waals surface area contributed by atoms with Crippen LogP contribution >= 0.6 is 11.3 Å². The average molecular weight is 605 g/mol. The Kier molecular flexibility index (Phi) is 7.17. The van der Waals surface area contributed by atoms with Gasteiger partial charge in [-0.1, -0.05) is 24.3 Å². The maximum absolute atomic E-state index is 14.9. The van der Waals surface area contributed by atoms with Crippen molar-refractivity contribution in [1.82, 2.24) is 24.7 Å². The Bertz CT molecular complexity index is 1930. The van der Waals surface area contributed by atoms with E-state index in [9.17, 15) is 22.7 Å². The highest BCUT2D eigenvalue weighted by Crippen LogP contribution is 2.38. The molecule has 0 unspecified atom stereocenters. The standard InChI is InChI=1S/C29H25FN6O4S2/c1-16-13-32-27(33-14-16)20-4-2-3-19(12-20)26-21(9-18-7-8-25(22(30)10-18)42(31,39)40)24(11-17-5-6-17)36(35-26)29-34-23(15-41-29)28(37)38/h2-4,7-8,10,12-15,17H,5-6,9,11H2,1H3,(H,37,38)(H2,31,39,40).